The number of carboxylic acid groups (broad SMARTS) is 1. The van der Waals surface area contributed by atoms with E-state index in [9.17, 15) is 9.59 Å². The zero-order valence-corrected chi connectivity index (χ0v) is 12.3. The molecular formula is C13H23N3O4. The summed E-state index contributed by atoms with van der Waals surface area (Å²) in [6, 6.07) is 0.649. The van der Waals surface area contributed by atoms with Gasteiger partial charge in [-0.2, -0.15) is 5.26 Å². The summed E-state index contributed by atoms with van der Waals surface area (Å²) in [7, 11) is 1.54. The van der Waals surface area contributed by atoms with Crippen LogP contribution < -0.4 is 5.32 Å². The molecule has 0 aromatic heterocycles. The lowest BCUT2D eigenvalue weighted by Gasteiger charge is -2.24. The summed E-state index contributed by atoms with van der Waals surface area (Å²) in [5, 5.41) is 20.3. The highest BCUT2D eigenvalue weighted by Gasteiger charge is 2.23. The molecule has 0 aromatic rings. The lowest BCUT2D eigenvalue weighted by molar-refractivity contribution is -0.139. The SMILES string of the molecule is CCN(CC(C)C#N)C(=O)NC(CCCOC)C(=O)O. The van der Waals surface area contributed by atoms with E-state index in [1.54, 1.807) is 13.8 Å². The fraction of sp³-hybridized carbons (Fsp3) is 0.769. The minimum atomic E-state index is -1.07. The van der Waals surface area contributed by atoms with Gasteiger partial charge in [-0.05, 0) is 26.7 Å². The second kappa shape index (κ2) is 10.0. The number of ether oxygens (including phenoxy) is 1. The predicted octanol–water partition coefficient (Wildman–Crippen LogP) is 1.06. The monoisotopic (exact) mass is 285 g/mol. The van der Waals surface area contributed by atoms with Crippen LogP contribution in [0.3, 0.4) is 0 Å². The quantitative estimate of drug-likeness (QED) is 0.616. The Kier molecular flexibility index (Phi) is 9.13. The van der Waals surface area contributed by atoms with Gasteiger partial charge >= 0.3 is 12.0 Å². The second-order valence-electron chi connectivity index (χ2n) is 4.54. The molecule has 0 heterocycles. The fourth-order valence-electron chi connectivity index (χ4n) is 1.66. The maximum atomic E-state index is 12.0. The Morgan fingerprint density at radius 1 is 1.50 bits per heavy atom. The van der Waals surface area contributed by atoms with Crippen molar-refractivity contribution in [3.8, 4) is 6.07 Å². The smallest absolute Gasteiger partial charge is 0.326 e. The van der Waals surface area contributed by atoms with Gasteiger partial charge in [-0.15, -0.1) is 0 Å². The van der Waals surface area contributed by atoms with Crippen LogP contribution in [-0.2, 0) is 9.53 Å². The Bertz CT molecular complexity index is 354. The van der Waals surface area contributed by atoms with E-state index in [-0.39, 0.29) is 12.5 Å². The number of urea groups is 1. The van der Waals surface area contributed by atoms with Crippen molar-refractivity contribution < 1.29 is 19.4 Å². The van der Waals surface area contributed by atoms with Gasteiger partial charge in [-0.25, -0.2) is 9.59 Å². The Labute approximate surface area is 119 Å². The largest absolute Gasteiger partial charge is 0.480 e. The first-order valence-electron chi connectivity index (χ1n) is 6.63. The number of nitrogens with one attached hydrogen (secondary N) is 1. The zero-order chi connectivity index (χ0) is 15.5. The van der Waals surface area contributed by atoms with Crippen LogP contribution >= 0.6 is 0 Å². The lowest BCUT2D eigenvalue weighted by Crippen LogP contribution is -2.49. The third-order valence-electron chi connectivity index (χ3n) is 2.82. The van der Waals surface area contributed by atoms with E-state index >= 15 is 0 Å². The molecule has 0 saturated heterocycles. The van der Waals surface area contributed by atoms with Crippen LogP contribution in [-0.4, -0.2) is 54.9 Å². The number of rotatable bonds is 9. The summed E-state index contributed by atoms with van der Waals surface area (Å²) in [6.07, 6.45) is 0.856. The molecule has 7 nitrogen and oxygen atoms in total. The lowest BCUT2D eigenvalue weighted by atomic mass is 10.1. The van der Waals surface area contributed by atoms with E-state index in [2.05, 4.69) is 5.32 Å². The van der Waals surface area contributed by atoms with Gasteiger partial charge in [0, 0.05) is 26.8 Å². The van der Waals surface area contributed by atoms with Gasteiger partial charge in [-0.3, -0.25) is 0 Å². The van der Waals surface area contributed by atoms with Crippen LogP contribution in [0.25, 0.3) is 0 Å². The number of nitriles is 1. The van der Waals surface area contributed by atoms with Crippen molar-refractivity contribution in [3.05, 3.63) is 0 Å². The van der Waals surface area contributed by atoms with Crippen LogP contribution in [0.1, 0.15) is 26.7 Å². The van der Waals surface area contributed by atoms with Gasteiger partial charge in [0.15, 0.2) is 0 Å². The maximum absolute atomic E-state index is 12.0. The number of hydrogen-bond donors (Lipinski definition) is 2. The van der Waals surface area contributed by atoms with E-state index in [0.717, 1.165) is 0 Å². The molecule has 0 bridgehead atoms. The number of methoxy groups -OCH3 is 1. The van der Waals surface area contributed by atoms with Crippen molar-refractivity contribution in [1.29, 1.82) is 5.26 Å². The first-order chi connectivity index (χ1) is 9.46. The van der Waals surface area contributed by atoms with Crippen LogP contribution in [0.15, 0.2) is 0 Å². The van der Waals surface area contributed by atoms with Gasteiger partial charge in [-0.1, -0.05) is 0 Å². The number of carbonyl (C=O) groups excluding carboxylic acids is 1. The molecular weight excluding hydrogens is 262 g/mol. The Hall–Kier alpha value is -1.81. The number of carboxylic acids is 1. The summed E-state index contributed by atoms with van der Waals surface area (Å²) in [5.41, 5.74) is 0. The molecule has 0 aliphatic rings. The third-order valence-corrected chi connectivity index (χ3v) is 2.82. The minimum Gasteiger partial charge on any atom is -0.480 e. The molecule has 0 aromatic carbocycles. The molecule has 2 N–H and O–H groups in total. The summed E-state index contributed by atoms with van der Waals surface area (Å²) < 4.78 is 4.86. The molecule has 0 fully saturated rings. The Morgan fingerprint density at radius 2 is 2.15 bits per heavy atom. The fourth-order valence-corrected chi connectivity index (χ4v) is 1.66. The second-order valence-corrected chi connectivity index (χ2v) is 4.54. The number of aliphatic carboxylic acids is 1. The van der Waals surface area contributed by atoms with E-state index < -0.39 is 18.0 Å². The van der Waals surface area contributed by atoms with Crippen molar-refractivity contribution in [2.45, 2.75) is 32.7 Å². The highest BCUT2D eigenvalue weighted by molar-refractivity contribution is 5.82. The number of nitrogens with zero attached hydrogens (tertiary/aromatic N) is 2. The van der Waals surface area contributed by atoms with E-state index in [1.165, 1.54) is 12.0 Å². The van der Waals surface area contributed by atoms with E-state index in [4.69, 9.17) is 15.1 Å². The topological polar surface area (TPSA) is 103 Å². The molecule has 0 spiro atoms. The van der Waals surface area contributed by atoms with Gasteiger partial charge < -0.3 is 20.1 Å². The number of carbonyl (C=O) groups is 2. The van der Waals surface area contributed by atoms with Gasteiger partial charge in [0.2, 0.25) is 0 Å². The molecule has 0 aliphatic heterocycles. The molecule has 7 heteroatoms. The molecule has 2 unspecified atom stereocenters. The van der Waals surface area contributed by atoms with Crippen LogP contribution in [0, 0.1) is 17.2 Å². The molecule has 2 atom stereocenters. The minimum absolute atomic E-state index is 0.281. The van der Waals surface area contributed by atoms with Crippen molar-refractivity contribution >= 4 is 12.0 Å². The highest BCUT2D eigenvalue weighted by atomic mass is 16.5. The van der Waals surface area contributed by atoms with Crippen molar-refractivity contribution in [2.75, 3.05) is 26.8 Å². The summed E-state index contributed by atoms with van der Waals surface area (Å²) in [6.45, 7) is 4.64. The molecule has 0 aliphatic carbocycles. The summed E-state index contributed by atoms with van der Waals surface area (Å²) >= 11 is 0. The molecule has 0 radical (unpaired) electrons. The van der Waals surface area contributed by atoms with Gasteiger partial charge in [0.05, 0.1) is 12.0 Å². The zero-order valence-electron chi connectivity index (χ0n) is 12.3. The number of amides is 2. The maximum Gasteiger partial charge on any atom is 0.326 e. The predicted molar refractivity (Wildman–Crippen MR) is 73.1 cm³/mol. The van der Waals surface area contributed by atoms with Crippen molar-refractivity contribution in [1.82, 2.24) is 10.2 Å². The molecule has 114 valence electrons. The normalized spacial score (nSPS) is 13.1. The average Bonchev–Trinajstić information content (AvgIpc) is 2.42. The highest BCUT2D eigenvalue weighted by Crippen LogP contribution is 2.03. The average molecular weight is 285 g/mol. The number of hydrogen-bond acceptors (Lipinski definition) is 4. The van der Waals surface area contributed by atoms with Crippen LogP contribution in [0.4, 0.5) is 4.79 Å². The van der Waals surface area contributed by atoms with Crippen molar-refractivity contribution in [3.63, 3.8) is 0 Å². The van der Waals surface area contributed by atoms with Crippen molar-refractivity contribution in [2.24, 2.45) is 5.92 Å². The van der Waals surface area contributed by atoms with Crippen LogP contribution in [0.2, 0.25) is 0 Å². The van der Waals surface area contributed by atoms with Crippen LogP contribution in [0.5, 0.6) is 0 Å². The summed E-state index contributed by atoms with van der Waals surface area (Å²) in [4.78, 5) is 24.5. The third kappa shape index (κ3) is 6.95. The van der Waals surface area contributed by atoms with Gasteiger partial charge in [0.25, 0.3) is 0 Å². The van der Waals surface area contributed by atoms with E-state index in [1.807, 2.05) is 6.07 Å². The van der Waals surface area contributed by atoms with E-state index in [0.29, 0.717) is 26.0 Å². The standard InChI is InChI=1S/C13H23N3O4/c1-4-16(9-10(2)8-14)13(19)15-11(12(17)18)6-5-7-20-3/h10-11H,4-7,9H2,1-3H3,(H,15,19)(H,17,18). The molecule has 0 rings (SSSR count). The molecule has 0 saturated carbocycles. The Morgan fingerprint density at radius 3 is 2.60 bits per heavy atom. The molecule has 2 amide bonds. The Balaban J connectivity index is 4.48. The van der Waals surface area contributed by atoms with Gasteiger partial charge in [0.1, 0.15) is 6.04 Å². The first-order valence-corrected chi connectivity index (χ1v) is 6.63. The molecule has 20 heavy (non-hydrogen) atoms. The summed E-state index contributed by atoms with van der Waals surface area (Å²) in [5.74, 6) is -1.36. The first kappa shape index (κ1) is 18.2.